The average Bonchev–Trinajstić information content (AvgIpc) is 2.53. The Hall–Kier alpha value is -3.09. The van der Waals surface area contributed by atoms with Crippen molar-refractivity contribution in [3.05, 3.63) is 46.3 Å². The molecule has 1 aromatic heterocycles. The minimum Gasteiger partial charge on any atom is -0.493 e. The molecule has 0 fully saturated rings. The molecule has 0 aliphatic rings. The topological polar surface area (TPSA) is 102 Å². The van der Waals surface area contributed by atoms with Crippen LogP contribution in [0.15, 0.2) is 35.1 Å². The van der Waals surface area contributed by atoms with Crippen molar-refractivity contribution in [3.63, 3.8) is 0 Å². The van der Waals surface area contributed by atoms with Crippen molar-refractivity contribution < 1.29 is 19.4 Å². The van der Waals surface area contributed by atoms with Gasteiger partial charge in [0.15, 0.2) is 11.5 Å². The second-order valence-corrected chi connectivity index (χ2v) is 4.28. The first-order valence-electron chi connectivity index (χ1n) is 6.28. The summed E-state index contributed by atoms with van der Waals surface area (Å²) in [7, 11) is 3.05. The van der Waals surface area contributed by atoms with Crippen molar-refractivity contribution in [2.45, 2.75) is 0 Å². The molecule has 114 valence electrons. The molecule has 0 atom stereocenters. The van der Waals surface area contributed by atoms with E-state index >= 15 is 0 Å². The maximum Gasteiger partial charge on any atom is 0.328 e. The molecule has 0 bridgehead atoms. The molecule has 7 nitrogen and oxygen atoms in total. The Morgan fingerprint density at radius 2 is 1.95 bits per heavy atom. The minimum absolute atomic E-state index is 0.196. The first kappa shape index (κ1) is 15.3. The number of ether oxygens (including phenoxy) is 2. The van der Waals surface area contributed by atoms with Crippen molar-refractivity contribution in [2.75, 3.05) is 14.2 Å². The van der Waals surface area contributed by atoms with E-state index in [9.17, 15) is 9.59 Å². The van der Waals surface area contributed by atoms with E-state index in [2.05, 4.69) is 10.2 Å². The monoisotopic (exact) mass is 302 g/mol. The van der Waals surface area contributed by atoms with Crippen LogP contribution in [0, 0.1) is 0 Å². The normalized spacial score (nSPS) is 10.6. The lowest BCUT2D eigenvalue weighted by atomic mass is 10.1. The molecule has 0 aliphatic heterocycles. The number of aromatic nitrogens is 2. The standard InChI is InChI=1S/C15H14N2O5/c1-21-12-5-3-9(8-13(12)22-2)11-7-10(4-6-14(18)19)15(20)17-16-11/h3-8H,1-2H3,(H,17,20)(H,18,19)/b6-4+. The highest BCUT2D eigenvalue weighted by Crippen LogP contribution is 2.31. The van der Waals surface area contributed by atoms with E-state index in [0.29, 0.717) is 22.8 Å². The first-order chi connectivity index (χ1) is 10.5. The quantitative estimate of drug-likeness (QED) is 0.813. The summed E-state index contributed by atoms with van der Waals surface area (Å²) in [6.45, 7) is 0. The lowest BCUT2D eigenvalue weighted by Crippen LogP contribution is -2.11. The molecule has 2 rings (SSSR count). The van der Waals surface area contributed by atoms with Crippen LogP contribution in [0.3, 0.4) is 0 Å². The predicted octanol–water partition coefficient (Wildman–Crippen LogP) is 1.55. The number of aromatic amines is 1. The zero-order valence-electron chi connectivity index (χ0n) is 12.0. The number of carbonyl (C=O) groups is 1. The third-order valence-corrected chi connectivity index (χ3v) is 2.92. The molecule has 1 heterocycles. The van der Waals surface area contributed by atoms with E-state index in [4.69, 9.17) is 14.6 Å². The minimum atomic E-state index is -1.14. The molecular weight excluding hydrogens is 288 g/mol. The summed E-state index contributed by atoms with van der Waals surface area (Å²) >= 11 is 0. The van der Waals surface area contributed by atoms with Gasteiger partial charge in [-0.05, 0) is 30.3 Å². The Morgan fingerprint density at radius 1 is 1.23 bits per heavy atom. The molecule has 2 N–H and O–H groups in total. The predicted molar refractivity (Wildman–Crippen MR) is 80.1 cm³/mol. The fraction of sp³-hybridized carbons (Fsp3) is 0.133. The second kappa shape index (κ2) is 6.57. The van der Waals surface area contributed by atoms with Crippen LogP contribution in [0.2, 0.25) is 0 Å². The average molecular weight is 302 g/mol. The Bertz CT molecular complexity index is 780. The fourth-order valence-corrected chi connectivity index (χ4v) is 1.85. The van der Waals surface area contributed by atoms with Crippen LogP contribution in [0.1, 0.15) is 5.56 Å². The lowest BCUT2D eigenvalue weighted by molar-refractivity contribution is -0.131. The van der Waals surface area contributed by atoms with Crippen LogP contribution >= 0.6 is 0 Å². The van der Waals surface area contributed by atoms with Gasteiger partial charge in [-0.15, -0.1) is 0 Å². The van der Waals surface area contributed by atoms with Gasteiger partial charge in [0.25, 0.3) is 5.56 Å². The molecular formula is C15H14N2O5. The molecule has 0 radical (unpaired) electrons. The highest BCUT2D eigenvalue weighted by Gasteiger charge is 2.09. The van der Waals surface area contributed by atoms with Crippen LogP contribution in [-0.4, -0.2) is 35.5 Å². The van der Waals surface area contributed by atoms with Crippen molar-refractivity contribution in [1.29, 1.82) is 0 Å². The van der Waals surface area contributed by atoms with Crippen molar-refractivity contribution in [1.82, 2.24) is 10.2 Å². The lowest BCUT2D eigenvalue weighted by Gasteiger charge is -2.09. The molecule has 0 unspecified atom stereocenters. The molecule has 0 spiro atoms. The molecule has 7 heteroatoms. The van der Waals surface area contributed by atoms with E-state index < -0.39 is 11.5 Å². The molecule has 2 aromatic rings. The largest absolute Gasteiger partial charge is 0.493 e. The van der Waals surface area contributed by atoms with Crippen LogP contribution in [0.4, 0.5) is 0 Å². The summed E-state index contributed by atoms with van der Waals surface area (Å²) < 4.78 is 10.4. The smallest absolute Gasteiger partial charge is 0.328 e. The van der Waals surface area contributed by atoms with Gasteiger partial charge in [-0.3, -0.25) is 4.79 Å². The van der Waals surface area contributed by atoms with Crippen LogP contribution in [-0.2, 0) is 4.79 Å². The van der Waals surface area contributed by atoms with Gasteiger partial charge in [-0.1, -0.05) is 0 Å². The zero-order chi connectivity index (χ0) is 16.1. The summed E-state index contributed by atoms with van der Waals surface area (Å²) in [6, 6.07) is 6.68. The van der Waals surface area contributed by atoms with Crippen LogP contribution in [0.5, 0.6) is 11.5 Å². The van der Waals surface area contributed by atoms with E-state index in [1.807, 2.05) is 0 Å². The van der Waals surface area contributed by atoms with E-state index in [-0.39, 0.29) is 5.56 Å². The van der Waals surface area contributed by atoms with Gasteiger partial charge in [0.05, 0.1) is 19.9 Å². The van der Waals surface area contributed by atoms with Crippen molar-refractivity contribution in [3.8, 4) is 22.8 Å². The van der Waals surface area contributed by atoms with Crippen molar-refractivity contribution >= 4 is 12.0 Å². The SMILES string of the molecule is COc1ccc(-c2cc(/C=C/C(=O)O)c(=O)[nH]n2)cc1OC. The summed E-state index contributed by atoms with van der Waals surface area (Å²) in [6.07, 6.45) is 2.11. The molecule has 1 aromatic carbocycles. The Labute approximate surface area is 125 Å². The van der Waals surface area contributed by atoms with Gasteiger partial charge in [0.2, 0.25) is 0 Å². The number of H-pyrrole nitrogens is 1. The van der Waals surface area contributed by atoms with Gasteiger partial charge >= 0.3 is 5.97 Å². The second-order valence-electron chi connectivity index (χ2n) is 4.28. The molecule has 0 aliphatic carbocycles. The number of carboxylic acids is 1. The number of nitrogens with one attached hydrogen (secondary N) is 1. The number of rotatable bonds is 5. The summed E-state index contributed by atoms with van der Waals surface area (Å²) in [5, 5.41) is 14.9. The molecule has 0 saturated heterocycles. The van der Waals surface area contributed by atoms with E-state index in [1.54, 1.807) is 18.2 Å². The zero-order valence-corrected chi connectivity index (χ0v) is 12.0. The number of benzene rings is 1. The van der Waals surface area contributed by atoms with E-state index in [0.717, 1.165) is 6.08 Å². The van der Waals surface area contributed by atoms with Crippen molar-refractivity contribution in [2.24, 2.45) is 0 Å². The van der Waals surface area contributed by atoms with Gasteiger partial charge in [0.1, 0.15) is 0 Å². The number of hydrogen-bond acceptors (Lipinski definition) is 5. The number of aliphatic carboxylic acids is 1. The van der Waals surface area contributed by atoms with Gasteiger partial charge in [0, 0.05) is 17.2 Å². The number of carboxylic acid groups (broad SMARTS) is 1. The highest BCUT2D eigenvalue weighted by atomic mass is 16.5. The van der Waals surface area contributed by atoms with Crippen LogP contribution < -0.4 is 15.0 Å². The maximum atomic E-state index is 11.6. The number of nitrogens with zero attached hydrogens (tertiary/aromatic N) is 1. The fourth-order valence-electron chi connectivity index (χ4n) is 1.85. The molecule has 0 amide bonds. The van der Waals surface area contributed by atoms with Gasteiger partial charge < -0.3 is 14.6 Å². The van der Waals surface area contributed by atoms with Gasteiger partial charge in [-0.2, -0.15) is 5.10 Å². The van der Waals surface area contributed by atoms with Gasteiger partial charge in [-0.25, -0.2) is 9.89 Å². The first-order valence-corrected chi connectivity index (χ1v) is 6.28. The van der Waals surface area contributed by atoms with E-state index in [1.165, 1.54) is 26.4 Å². The molecule has 0 saturated carbocycles. The molecule has 22 heavy (non-hydrogen) atoms. The Kier molecular flexibility index (Phi) is 4.57. The number of methoxy groups -OCH3 is 2. The summed E-state index contributed by atoms with van der Waals surface area (Å²) in [4.78, 5) is 22.2. The third-order valence-electron chi connectivity index (χ3n) is 2.92. The van der Waals surface area contributed by atoms with Crippen LogP contribution in [0.25, 0.3) is 17.3 Å². The summed E-state index contributed by atoms with van der Waals surface area (Å²) in [5.41, 5.74) is 0.897. The number of hydrogen-bond donors (Lipinski definition) is 2. The Balaban J connectivity index is 2.47. The summed E-state index contributed by atoms with van der Waals surface area (Å²) in [5.74, 6) is -0.0406. The Morgan fingerprint density at radius 3 is 2.59 bits per heavy atom. The highest BCUT2D eigenvalue weighted by molar-refractivity contribution is 5.85. The maximum absolute atomic E-state index is 11.6. The third kappa shape index (κ3) is 3.32.